The second-order valence-corrected chi connectivity index (χ2v) is 9.94. The van der Waals surface area contributed by atoms with Gasteiger partial charge >= 0.3 is 5.97 Å². The molecule has 0 saturated carbocycles. The lowest BCUT2D eigenvalue weighted by atomic mass is 10.1. The minimum Gasteiger partial charge on any atom is -0.461 e. The molecule has 208 valence electrons. The van der Waals surface area contributed by atoms with Gasteiger partial charge in [0.05, 0.1) is 6.42 Å². The number of rotatable bonds is 20. The van der Waals surface area contributed by atoms with Crippen molar-refractivity contribution in [2.75, 3.05) is 6.54 Å². The zero-order chi connectivity index (χ0) is 27.3. The zero-order valence-corrected chi connectivity index (χ0v) is 23.1. The summed E-state index contributed by atoms with van der Waals surface area (Å²) in [5, 5.41) is 5.78. The first-order chi connectivity index (χ1) is 18.6. The van der Waals surface area contributed by atoms with Crippen LogP contribution in [0.2, 0.25) is 0 Å². The average Bonchev–Trinajstić information content (AvgIpc) is 2.93. The summed E-state index contributed by atoms with van der Waals surface area (Å²) in [5.74, 6) is -0.884. The minimum absolute atomic E-state index is 0.0504. The molecule has 2 aromatic rings. The SMILES string of the molecule is CCCCCCCCCCCCNC(=O)[C@@H](CCC(=O)OCc1ccccc1)NC(=O)Cc1ccccc1. The first-order valence-electron chi connectivity index (χ1n) is 14.4. The van der Waals surface area contributed by atoms with E-state index in [0.717, 1.165) is 24.0 Å². The number of unbranched alkanes of at least 4 members (excludes halogenated alkanes) is 9. The van der Waals surface area contributed by atoms with Gasteiger partial charge in [0.25, 0.3) is 0 Å². The lowest BCUT2D eigenvalue weighted by Gasteiger charge is -2.18. The van der Waals surface area contributed by atoms with Crippen molar-refractivity contribution in [3.8, 4) is 0 Å². The fourth-order valence-electron chi connectivity index (χ4n) is 4.32. The number of ether oxygens (including phenoxy) is 1. The van der Waals surface area contributed by atoms with Crippen molar-refractivity contribution in [3.05, 3.63) is 71.8 Å². The molecule has 6 nitrogen and oxygen atoms in total. The van der Waals surface area contributed by atoms with Crippen LogP contribution in [0.4, 0.5) is 0 Å². The quantitative estimate of drug-likeness (QED) is 0.158. The molecule has 0 saturated heterocycles. The molecular formula is C32H46N2O4. The van der Waals surface area contributed by atoms with E-state index in [1.165, 1.54) is 51.4 Å². The number of carbonyl (C=O) groups is 3. The van der Waals surface area contributed by atoms with Gasteiger partial charge in [-0.25, -0.2) is 0 Å². The van der Waals surface area contributed by atoms with Crippen molar-refractivity contribution in [3.63, 3.8) is 0 Å². The van der Waals surface area contributed by atoms with E-state index >= 15 is 0 Å². The first kappa shape index (κ1) is 31.1. The Morgan fingerprint density at radius 1 is 0.737 bits per heavy atom. The predicted molar refractivity (Wildman–Crippen MR) is 152 cm³/mol. The minimum atomic E-state index is -0.779. The molecule has 6 heteroatoms. The Morgan fingerprint density at radius 3 is 1.89 bits per heavy atom. The fourth-order valence-corrected chi connectivity index (χ4v) is 4.32. The number of nitrogens with one attached hydrogen (secondary N) is 2. The van der Waals surface area contributed by atoms with Crippen LogP contribution in [0.15, 0.2) is 60.7 Å². The van der Waals surface area contributed by atoms with Crippen LogP contribution in [0.1, 0.15) is 95.1 Å². The largest absolute Gasteiger partial charge is 0.461 e. The number of carbonyl (C=O) groups excluding carboxylic acids is 3. The highest BCUT2D eigenvalue weighted by Crippen LogP contribution is 2.11. The Balaban J connectivity index is 1.73. The van der Waals surface area contributed by atoms with Crippen LogP contribution in [0.3, 0.4) is 0 Å². The van der Waals surface area contributed by atoms with E-state index in [0.29, 0.717) is 6.54 Å². The smallest absolute Gasteiger partial charge is 0.306 e. The van der Waals surface area contributed by atoms with Gasteiger partial charge in [-0.1, -0.05) is 125 Å². The van der Waals surface area contributed by atoms with Gasteiger partial charge < -0.3 is 15.4 Å². The van der Waals surface area contributed by atoms with E-state index in [2.05, 4.69) is 17.6 Å². The monoisotopic (exact) mass is 522 g/mol. The normalized spacial score (nSPS) is 11.5. The Kier molecular flexibility index (Phi) is 16.3. The van der Waals surface area contributed by atoms with Crippen LogP contribution in [0.5, 0.6) is 0 Å². The summed E-state index contributed by atoms with van der Waals surface area (Å²) in [5.41, 5.74) is 1.78. The molecular weight excluding hydrogens is 476 g/mol. The molecule has 0 aliphatic carbocycles. The zero-order valence-electron chi connectivity index (χ0n) is 23.1. The van der Waals surface area contributed by atoms with Gasteiger partial charge in [-0.2, -0.15) is 0 Å². The molecule has 0 aliphatic heterocycles. The van der Waals surface area contributed by atoms with Crippen molar-refractivity contribution < 1.29 is 19.1 Å². The van der Waals surface area contributed by atoms with Crippen LogP contribution >= 0.6 is 0 Å². The van der Waals surface area contributed by atoms with E-state index in [-0.39, 0.29) is 37.7 Å². The maximum Gasteiger partial charge on any atom is 0.306 e. The third-order valence-corrected chi connectivity index (χ3v) is 6.57. The van der Waals surface area contributed by atoms with E-state index < -0.39 is 12.0 Å². The van der Waals surface area contributed by atoms with Gasteiger partial charge in [0, 0.05) is 13.0 Å². The lowest BCUT2D eigenvalue weighted by Crippen LogP contribution is -2.47. The Labute approximate surface area is 228 Å². The summed E-state index contributed by atoms with van der Waals surface area (Å²) in [4.78, 5) is 37.9. The van der Waals surface area contributed by atoms with Crippen molar-refractivity contribution in [2.45, 2.75) is 103 Å². The summed E-state index contributed by atoms with van der Waals surface area (Å²) in [6.45, 7) is 3.00. The van der Waals surface area contributed by atoms with Crippen LogP contribution in [-0.2, 0) is 32.1 Å². The molecule has 2 aromatic carbocycles. The summed E-state index contributed by atoms with van der Waals surface area (Å²) in [6, 6.07) is 18.1. The highest BCUT2D eigenvalue weighted by molar-refractivity contribution is 5.88. The van der Waals surface area contributed by atoms with Crippen molar-refractivity contribution in [1.29, 1.82) is 0 Å². The van der Waals surface area contributed by atoms with Gasteiger partial charge in [-0.15, -0.1) is 0 Å². The molecule has 2 N–H and O–H groups in total. The summed E-state index contributed by atoms with van der Waals surface area (Å²) >= 11 is 0. The summed E-state index contributed by atoms with van der Waals surface area (Å²) < 4.78 is 5.35. The molecule has 0 unspecified atom stereocenters. The van der Waals surface area contributed by atoms with Gasteiger partial charge in [-0.3, -0.25) is 14.4 Å². The molecule has 0 fully saturated rings. The van der Waals surface area contributed by atoms with Crippen molar-refractivity contribution in [2.24, 2.45) is 0 Å². The van der Waals surface area contributed by atoms with Crippen LogP contribution in [-0.4, -0.2) is 30.4 Å². The summed E-state index contributed by atoms with van der Waals surface area (Å²) in [7, 11) is 0. The maximum atomic E-state index is 12.9. The highest BCUT2D eigenvalue weighted by atomic mass is 16.5. The maximum absolute atomic E-state index is 12.9. The van der Waals surface area contributed by atoms with E-state index in [1.54, 1.807) is 0 Å². The van der Waals surface area contributed by atoms with E-state index in [1.807, 2.05) is 60.7 Å². The molecule has 0 radical (unpaired) electrons. The Hall–Kier alpha value is -3.15. The van der Waals surface area contributed by atoms with Crippen LogP contribution < -0.4 is 10.6 Å². The van der Waals surface area contributed by atoms with Crippen LogP contribution in [0, 0.1) is 0 Å². The number of hydrogen-bond acceptors (Lipinski definition) is 4. The van der Waals surface area contributed by atoms with E-state index in [4.69, 9.17) is 4.74 Å². The number of hydrogen-bond donors (Lipinski definition) is 2. The lowest BCUT2D eigenvalue weighted by molar-refractivity contribution is -0.145. The fraction of sp³-hybridized carbons (Fsp3) is 0.531. The molecule has 0 spiro atoms. The Morgan fingerprint density at radius 2 is 1.29 bits per heavy atom. The van der Waals surface area contributed by atoms with E-state index in [9.17, 15) is 14.4 Å². The molecule has 0 heterocycles. The standard InChI is InChI=1S/C32H46N2O4/c1-2-3-4-5-6-7-8-9-10-17-24-33-32(37)29(34-30(35)25-27-18-13-11-14-19-27)22-23-31(36)38-26-28-20-15-12-16-21-28/h11-16,18-21,29H,2-10,17,22-26H2,1H3,(H,33,37)(H,34,35)/t29-/m1/s1. The molecule has 38 heavy (non-hydrogen) atoms. The molecule has 2 amide bonds. The third-order valence-electron chi connectivity index (χ3n) is 6.57. The topological polar surface area (TPSA) is 84.5 Å². The second-order valence-electron chi connectivity index (χ2n) is 9.94. The molecule has 1 atom stereocenters. The van der Waals surface area contributed by atoms with Gasteiger partial charge in [0.2, 0.25) is 11.8 Å². The highest BCUT2D eigenvalue weighted by Gasteiger charge is 2.22. The number of amides is 2. The number of esters is 1. The molecule has 0 aliphatic rings. The third kappa shape index (κ3) is 14.6. The molecule has 0 bridgehead atoms. The first-order valence-corrected chi connectivity index (χ1v) is 14.4. The Bertz CT molecular complexity index is 918. The predicted octanol–water partition coefficient (Wildman–Crippen LogP) is 6.27. The number of benzene rings is 2. The molecule has 2 rings (SSSR count). The van der Waals surface area contributed by atoms with Crippen LogP contribution in [0.25, 0.3) is 0 Å². The van der Waals surface area contributed by atoms with Gasteiger partial charge in [0.1, 0.15) is 12.6 Å². The van der Waals surface area contributed by atoms with Crippen molar-refractivity contribution >= 4 is 17.8 Å². The average molecular weight is 523 g/mol. The summed E-state index contributed by atoms with van der Waals surface area (Å²) in [6.07, 6.45) is 12.7. The van der Waals surface area contributed by atoms with Gasteiger partial charge in [-0.05, 0) is 24.0 Å². The van der Waals surface area contributed by atoms with Gasteiger partial charge in [0.15, 0.2) is 0 Å². The second kappa shape index (κ2) is 19.9. The van der Waals surface area contributed by atoms with Crippen molar-refractivity contribution in [1.82, 2.24) is 10.6 Å². The molecule has 0 aromatic heterocycles.